The number of aromatic nitrogens is 6. The fourth-order valence-corrected chi connectivity index (χ4v) is 4.17. The highest BCUT2D eigenvalue weighted by molar-refractivity contribution is 5.80. The zero-order valence-corrected chi connectivity index (χ0v) is 19.2. The summed E-state index contributed by atoms with van der Waals surface area (Å²) in [5, 5.41) is 14.4. The molecule has 170 valence electrons. The molecular formula is C25H28N6O2. The first-order chi connectivity index (χ1) is 16.0. The van der Waals surface area contributed by atoms with Gasteiger partial charge in [0.05, 0.1) is 12.2 Å². The third kappa shape index (κ3) is 4.55. The van der Waals surface area contributed by atoms with Crippen molar-refractivity contribution < 1.29 is 4.79 Å². The summed E-state index contributed by atoms with van der Waals surface area (Å²) in [5.41, 5.74) is 5.09. The lowest BCUT2D eigenvalue weighted by Crippen LogP contribution is -2.27. The molecule has 8 nitrogen and oxygen atoms in total. The van der Waals surface area contributed by atoms with Gasteiger partial charge in [0.2, 0.25) is 5.82 Å². The molecule has 8 heteroatoms. The Labute approximate surface area is 192 Å². The highest BCUT2D eigenvalue weighted by atomic mass is 16.2. The van der Waals surface area contributed by atoms with Crippen molar-refractivity contribution in [1.82, 2.24) is 29.8 Å². The highest BCUT2D eigenvalue weighted by Crippen LogP contribution is 2.29. The summed E-state index contributed by atoms with van der Waals surface area (Å²) in [4.78, 5) is 25.1. The second kappa shape index (κ2) is 9.77. The van der Waals surface area contributed by atoms with E-state index in [9.17, 15) is 9.59 Å². The number of H-pyrrole nitrogens is 1. The number of benzene rings is 2. The van der Waals surface area contributed by atoms with Gasteiger partial charge in [-0.2, -0.15) is 5.21 Å². The molecule has 2 heterocycles. The summed E-state index contributed by atoms with van der Waals surface area (Å²) in [6, 6.07) is 16.0. The number of nitrogens with zero attached hydrogens (tertiary/aromatic N) is 5. The molecule has 0 radical (unpaired) electrons. The fourth-order valence-electron chi connectivity index (χ4n) is 4.17. The van der Waals surface area contributed by atoms with Gasteiger partial charge >= 0.3 is 5.69 Å². The lowest BCUT2D eigenvalue weighted by atomic mass is 9.98. The van der Waals surface area contributed by atoms with Crippen molar-refractivity contribution in [1.29, 1.82) is 0 Å². The Bertz CT molecular complexity index is 1280. The molecule has 0 atom stereocenters. The maximum atomic E-state index is 13.2. The van der Waals surface area contributed by atoms with Crippen LogP contribution in [0.3, 0.4) is 0 Å². The van der Waals surface area contributed by atoms with E-state index in [4.69, 9.17) is 0 Å². The molecule has 4 rings (SSSR count). The number of rotatable bonds is 9. The SMILES string of the molecule is CCCc1c(C=O)n(CC(C)C)c(=O)n1Cc1ccc(-c2ccccc2-c2nn[nH]n2)cc1. The van der Waals surface area contributed by atoms with Crippen molar-refractivity contribution in [2.24, 2.45) is 5.92 Å². The molecular weight excluding hydrogens is 416 g/mol. The lowest BCUT2D eigenvalue weighted by molar-refractivity contribution is 0.111. The van der Waals surface area contributed by atoms with Crippen molar-refractivity contribution >= 4 is 6.29 Å². The minimum Gasteiger partial charge on any atom is -0.296 e. The van der Waals surface area contributed by atoms with Crippen molar-refractivity contribution in [3.8, 4) is 22.5 Å². The zero-order valence-electron chi connectivity index (χ0n) is 19.2. The van der Waals surface area contributed by atoms with Crippen LogP contribution in [0.1, 0.15) is 48.9 Å². The molecule has 0 spiro atoms. The minimum absolute atomic E-state index is 0.124. The summed E-state index contributed by atoms with van der Waals surface area (Å²) in [7, 11) is 0. The topological polar surface area (TPSA) is 98.5 Å². The van der Waals surface area contributed by atoms with Crippen LogP contribution in [-0.2, 0) is 19.5 Å². The third-order valence-electron chi connectivity index (χ3n) is 5.64. The van der Waals surface area contributed by atoms with Crippen LogP contribution < -0.4 is 5.69 Å². The van der Waals surface area contributed by atoms with Gasteiger partial charge in [-0.05, 0) is 34.2 Å². The molecule has 1 N–H and O–H groups in total. The number of hydrogen-bond acceptors (Lipinski definition) is 5. The molecule has 33 heavy (non-hydrogen) atoms. The molecule has 0 bridgehead atoms. The maximum Gasteiger partial charge on any atom is 0.329 e. The normalized spacial score (nSPS) is 11.3. The number of hydrogen-bond donors (Lipinski definition) is 1. The molecule has 2 aromatic carbocycles. The number of tetrazole rings is 1. The largest absolute Gasteiger partial charge is 0.329 e. The Kier molecular flexibility index (Phi) is 6.63. The van der Waals surface area contributed by atoms with Gasteiger partial charge in [0, 0.05) is 12.1 Å². The first-order valence-electron chi connectivity index (χ1n) is 11.2. The second-order valence-corrected chi connectivity index (χ2v) is 8.55. The van der Waals surface area contributed by atoms with Gasteiger partial charge in [-0.15, -0.1) is 10.2 Å². The van der Waals surface area contributed by atoms with Crippen molar-refractivity contribution in [2.75, 3.05) is 0 Å². The molecule has 2 aromatic heterocycles. The Morgan fingerprint density at radius 3 is 2.36 bits per heavy atom. The van der Waals surface area contributed by atoms with Gasteiger partial charge in [0.15, 0.2) is 6.29 Å². The van der Waals surface area contributed by atoms with Crippen LogP contribution >= 0.6 is 0 Å². The van der Waals surface area contributed by atoms with Crippen LogP contribution in [-0.4, -0.2) is 36.0 Å². The maximum absolute atomic E-state index is 13.2. The lowest BCUT2D eigenvalue weighted by Gasteiger charge is -2.10. The molecule has 4 aromatic rings. The number of carbonyl (C=O) groups excluding carboxylic acids is 1. The minimum atomic E-state index is -0.124. The van der Waals surface area contributed by atoms with Crippen molar-refractivity contribution in [2.45, 2.75) is 46.7 Å². The van der Waals surface area contributed by atoms with Gasteiger partial charge in [-0.25, -0.2) is 4.79 Å². The van der Waals surface area contributed by atoms with E-state index in [0.717, 1.165) is 40.7 Å². The summed E-state index contributed by atoms with van der Waals surface area (Å²) in [6.07, 6.45) is 2.37. The molecule has 0 fully saturated rings. The first kappa shape index (κ1) is 22.4. The van der Waals surface area contributed by atoms with E-state index in [1.807, 2.05) is 62.4 Å². The van der Waals surface area contributed by atoms with Gasteiger partial charge in [-0.1, -0.05) is 75.7 Å². The predicted molar refractivity (Wildman–Crippen MR) is 127 cm³/mol. The van der Waals surface area contributed by atoms with Crippen LogP contribution in [0, 0.1) is 5.92 Å². The predicted octanol–water partition coefficient (Wildman–Crippen LogP) is 3.97. The zero-order chi connectivity index (χ0) is 23.4. The van der Waals surface area contributed by atoms with Crippen LogP contribution in [0.2, 0.25) is 0 Å². The second-order valence-electron chi connectivity index (χ2n) is 8.55. The van der Waals surface area contributed by atoms with Crippen LogP contribution in [0.4, 0.5) is 0 Å². The molecule has 0 saturated heterocycles. The number of nitrogens with one attached hydrogen (secondary N) is 1. The van der Waals surface area contributed by atoms with E-state index < -0.39 is 0 Å². The molecule has 0 aliphatic heterocycles. The average molecular weight is 445 g/mol. The quantitative estimate of drug-likeness (QED) is 0.394. The Balaban J connectivity index is 1.68. The Hall–Kier alpha value is -3.81. The van der Waals surface area contributed by atoms with Gasteiger partial charge in [0.1, 0.15) is 5.69 Å². The van der Waals surface area contributed by atoms with Crippen molar-refractivity contribution in [3.05, 3.63) is 76.0 Å². The molecule has 0 aliphatic rings. The third-order valence-corrected chi connectivity index (χ3v) is 5.64. The standard InChI is InChI=1S/C25H28N6O2/c1-4-7-22-23(16-32)30(14-17(2)3)25(33)31(22)15-18-10-12-19(13-11-18)20-8-5-6-9-21(20)24-26-28-29-27-24/h5-6,8-13,16-17H,4,7,14-15H2,1-3H3,(H,26,27,28,29). The monoisotopic (exact) mass is 444 g/mol. The van der Waals surface area contributed by atoms with E-state index in [1.54, 1.807) is 9.13 Å². The highest BCUT2D eigenvalue weighted by Gasteiger charge is 2.20. The van der Waals surface area contributed by atoms with E-state index in [1.165, 1.54) is 0 Å². The Morgan fingerprint density at radius 2 is 1.76 bits per heavy atom. The van der Waals surface area contributed by atoms with E-state index >= 15 is 0 Å². The van der Waals surface area contributed by atoms with E-state index in [0.29, 0.717) is 31.0 Å². The summed E-state index contributed by atoms with van der Waals surface area (Å²) in [6.45, 7) is 7.10. The van der Waals surface area contributed by atoms with Crippen molar-refractivity contribution in [3.63, 3.8) is 0 Å². The summed E-state index contributed by atoms with van der Waals surface area (Å²) < 4.78 is 3.37. The first-order valence-corrected chi connectivity index (χ1v) is 11.2. The van der Waals surface area contributed by atoms with E-state index in [2.05, 4.69) is 27.5 Å². The van der Waals surface area contributed by atoms with Gasteiger partial charge in [-0.3, -0.25) is 13.9 Å². The number of carbonyl (C=O) groups is 1. The molecule has 0 saturated carbocycles. The van der Waals surface area contributed by atoms with Crippen LogP contribution in [0.25, 0.3) is 22.5 Å². The number of imidazole rings is 1. The van der Waals surface area contributed by atoms with Gasteiger partial charge < -0.3 is 0 Å². The molecule has 0 amide bonds. The molecule has 0 unspecified atom stereocenters. The Morgan fingerprint density at radius 1 is 1.03 bits per heavy atom. The molecule has 0 aliphatic carbocycles. The average Bonchev–Trinajstić information content (AvgIpc) is 3.43. The van der Waals surface area contributed by atoms with Crippen LogP contribution in [0.5, 0.6) is 0 Å². The van der Waals surface area contributed by atoms with E-state index in [-0.39, 0.29) is 11.6 Å². The number of aldehydes is 1. The summed E-state index contributed by atoms with van der Waals surface area (Å²) in [5.74, 6) is 0.809. The number of aromatic amines is 1. The summed E-state index contributed by atoms with van der Waals surface area (Å²) >= 11 is 0. The fraction of sp³-hybridized carbons (Fsp3) is 0.320. The smallest absolute Gasteiger partial charge is 0.296 e. The van der Waals surface area contributed by atoms with Gasteiger partial charge in [0.25, 0.3) is 0 Å². The van der Waals surface area contributed by atoms with Crippen LogP contribution in [0.15, 0.2) is 53.3 Å².